The second-order valence-corrected chi connectivity index (χ2v) is 6.12. The van der Waals surface area contributed by atoms with Crippen LogP contribution in [-0.2, 0) is 6.54 Å². The van der Waals surface area contributed by atoms with Crippen LogP contribution in [0.2, 0.25) is 0 Å². The summed E-state index contributed by atoms with van der Waals surface area (Å²) >= 11 is 3.37. The molecule has 5 heteroatoms. The first-order chi connectivity index (χ1) is 9.70. The summed E-state index contributed by atoms with van der Waals surface area (Å²) in [5.74, 6) is 0.724. The van der Waals surface area contributed by atoms with Crippen molar-refractivity contribution in [2.75, 3.05) is 6.54 Å². The van der Waals surface area contributed by atoms with Gasteiger partial charge in [0.25, 0.3) is 5.91 Å². The van der Waals surface area contributed by atoms with Crippen LogP contribution in [0.25, 0.3) is 0 Å². The van der Waals surface area contributed by atoms with Crippen LogP contribution in [0, 0.1) is 5.92 Å². The summed E-state index contributed by atoms with van der Waals surface area (Å²) < 4.78 is 2.82. The molecule has 0 unspecified atom stereocenters. The fraction of sp³-hybridized carbons (Fsp3) is 0.333. The standard InChI is InChI=1S/C15H16BrN3O/c16-14-8-18-19(10-14)9-12-3-5-13(6-4-12)15(20)17-7-11-1-2-11/h3-6,8,10-11H,1-2,7,9H2,(H,17,20). The summed E-state index contributed by atoms with van der Waals surface area (Å²) in [5, 5.41) is 7.19. The highest BCUT2D eigenvalue weighted by Gasteiger charge is 2.21. The SMILES string of the molecule is O=C(NCC1CC1)c1ccc(Cn2cc(Br)cn2)cc1. The maximum atomic E-state index is 11.9. The molecule has 0 radical (unpaired) electrons. The molecular weight excluding hydrogens is 318 g/mol. The Hall–Kier alpha value is -1.62. The molecule has 1 fully saturated rings. The van der Waals surface area contributed by atoms with Gasteiger partial charge in [0.15, 0.2) is 0 Å². The molecule has 20 heavy (non-hydrogen) atoms. The second kappa shape index (κ2) is 5.79. The van der Waals surface area contributed by atoms with Crippen LogP contribution in [0.5, 0.6) is 0 Å². The van der Waals surface area contributed by atoms with Gasteiger partial charge in [-0.1, -0.05) is 12.1 Å². The summed E-state index contributed by atoms with van der Waals surface area (Å²) in [6, 6.07) is 7.69. The molecule has 1 heterocycles. The van der Waals surface area contributed by atoms with Gasteiger partial charge in [-0.3, -0.25) is 9.48 Å². The summed E-state index contributed by atoms with van der Waals surface area (Å²) in [6.45, 7) is 1.51. The molecule has 1 N–H and O–H groups in total. The highest BCUT2D eigenvalue weighted by atomic mass is 79.9. The highest BCUT2D eigenvalue weighted by Crippen LogP contribution is 2.27. The van der Waals surface area contributed by atoms with E-state index in [0.717, 1.165) is 22.1 Å². The van der Waals surface area contributed by atoms with Crippen molar-refractivity contribution >= 4 is 21.8 Å². The zero-order valence-corrected chi connectivity index (χ0v) is 12.6. The van der Waals surface area contributed by atoms with Crippen molar-refractivity contribution in [1.29, 1.82) is 0 Å². The first-order valence-corrected chi connectivity index (χ1v) is 7.55. The number of amides is 1. The van der Waals surface area contributed by atoms with Crippen LogP contribution in [0.15, 0.2) is 41.1 Å². The van der Waals surface area contributed by atoms with Crippen molar-refractivity contribution in [3.8, 4) is 0 Å². The molecule has 0 atom stereocenters. The van der Waals surface area contributed by atoms with Crippen molar-refractivity contribution < 1.29 is 4.79 Å². The van der Waals surface area contributed by atoms with Gasteiger partial charge in [-0.2, -0.15) is 5.10 Å². The number of benzene rings is 1. The van der Waals surface area contributed by atoms with Gasteiger partial charge in [0.2, 0.25) is 0 Å². The van der Waals surface area contributed by atoms with Crippen molar-refractivity contribution in [2.45, 2.75) is 19.4 Å². The first kappa shape index (κ1) is 13.4. The van der Waals surface area contributed by atoms with Gasteiger partial charge in [0, 0.05) is 18.3 Å². The Morgan fingerprint density at radius 1 is 1.35 bits per heavy atom. The molecule has 1 aliphatic carbocycles. The summed E-state index contributed by atoms with van der Waals surface area (Å²) in [5.41, 5.74) is 1.84. The highest BCUT2D eigenvalue weighted by molar-refractivity contribution is 9.10. The number of hydrogen-bond donors (Lipinski definition) is 1. The topological polar surface area (TPSA) is 46.9 Å². The number of rotatable bonds is 5. The molecule has 104 valence electrons. The Morgan fingerprint density at radius 2 is 2.10 bits per heavy atom. The van der Waals surface area contributed by atoms with E-state index in [9.17, 15) is 4.79 Å². The number of carbonyl (C=O) groups is 1. The van der Waals surface area contributed by atoms with Crippen LogP contribution in [0.1, 0.15) is 28.8 Å². The van der Waals surface area contributed by atoms with E-state index in [1.54, 1.807) is 6.20 Å². The number of aromatic nitrogens is 2. The number of nitrogens with one attached hydrogen (secondary N) is 1. The third kappa shape index (κ3) is 3.48. The first-order valence-electron chi connectivity index (χ1n) is 6.76. The Balaban J connectivity index is 1.59. The van der Waals surface area contributed by atoms with E-state index in [1.807, 2.05) is 35.1 Å². The molecule has 1 aliphatic rings. The molecule has 1 saturated carbocycles. The van der Waals surface area contributed by atoms with E-state index in [2.05, 4.69) is 26.3 Å². The lowest BCUT2D eigenvalue weighted by Gasteiger charge is -2.06. The molecule has 0 saturated heterocycles. The van der Waals surface area contributed by atoms with Gasteiger partial charge in [0.1, 0.15) is 0 Å². The van der Waals surface area contributed by atoms with Gasteiger partial charge in [-0.25, -0.2) is 0 Å². The Labute approximate surface area is 126 Å². The van der Waals surface area contributed by atoms with Crippen molar-refractivity contribution in [3.05, 3.63) is 52.3 Å². The van der Waals surface area contributed by atoms with Crippen molar-refractivity contribution in [1.82, 2.24) is 15.1 Å². The number of carbonyl (C=O) groups excluding carboxylic acids is 1. The average Bonchev–Trinajstić information content (AvgIpc) is 3.20. The van der Waals surface area contributed by atoms with E-state index in [4.69, 9.17) is 0 Å². The largest absolute Gasteiger partial charge is 0.352 e. The zero-order chi connectivity index (χ0) is 13.9. The monoisotopic (exact) mass is 333 g/mol. The maximum Gasteiger partial charge on any atom is 0.251 e. The molecule has 0 spiro atoms. The van der Waals surface area contributed by atoms with E-state index in [1.165, 1.54) is 12.8 Å². The molecular formula is C15H16BrN3O. The normalized spacial score (nSPS) is 14.2. The van der Waals surface area contributed by atoms with Crippen LogP contribution < -0.4 is 5.32 Å². The Kier molecular flexibility index (Phi) is 3.87. The Morgan fingerprint density at radius 3 is 2.70 bits per heavy atom. The molecule has 1 aromatic carbocycles. The van der Waals surface area contributed by atoms with E-state index >= 15 is 0 Å². The van der Waals surface area contributed by atoms with Gasteiger partial charge in [0.05, 0.1) is 17.2 Å². The number of halogens is 1. The van der Waals surface area contributed by atoms with Gasteiger partial charge in [-0.05, 0) is 52.4 Å². The second-order valence-electron chi connectivity index (χ2n) is 5.21. The molecule has 1 aromatic heterocycles. The Bertz CT molecular complexity index is 602. The number of hydrogen-bond acceptors (Lipinski definition) is 2. The zero-order valence-electron chi connectivity index (χ0n) is 11.1. The average molecular weight is 334 g/mol. The molecule has 1 amide bonds. The number of nitrogens with zero attached hydrogens (tertiary/aromatic N) is 2. The molecule has 0 aliphatic heterocycles. The quantitative estimate of drug-likeness (QED) is 0.914. The minimum atomic E-state index is 0.0188. The lowest BCUT2D eigenvalue weighted by molar-refractivity contribution is 0.0952. The predicted molar refractivity (Wildman–Crippen MR) is 80.5 cm³/mol. The lowest BCUT2D eigenvalue weighted by atomic mass is 10.1. The van der Waals surface area contributed by atoms with Gasteiger partial charge >= 0.3 is 0 Å². The third-order valence-electron chi connectivity index (χ3n) is 3.41. The smallest absolute Gasteiger partial charge is 0.251 e. The van der Waals surface area contributed by atoms with Crippen LogP contribution in [0.3, 0.4) is 0 Å². The van der Waals surface area contributed by atoms with Crippen molar-refractivity contribution in [2.24, 2.45) is 5.92 Å². The molecule has 3 rings (SSSR count). The van der Waals surface area contributed by atoms with Crippen LogP contribution in [0.4, 0.5) is 0 Å². The van der Waals surface area contributed by atoms with E-state index < -0.39 is 0 Å². The molecule has 2 aromatic rings. The van der Waals surface area contributed by atoms with Crippen molar-refractivity contribution in [3.63, 3.8) is 0 Å². The summed E-state index contributed by atoms with van der Waals surface area (Å²) in [6.07, 6.45) is 6.19. The minimum Gasteiger partial charge on any atom is -0.352 e. The lowest BCUT2D eigenvalue weighted by Crippen LogP contribution is -2.25. The van der Waals surface area contributed by atoms with E-state index in [-0.39, 0.29) is 5.91 Å². The molecule has 0 bridgehead atoms. The minimum absolute atomic E-state index is 0.0188. The summed E-state index contributed by atoms with van der Waals surface area (Å²) in [4.78, 5) is 11.9. The third-order valence-corrected chi connectivity index (χ3v) is 3.82. The molecule has 4 nitrogen and oxygen atoms in total. The fourth-order valence-electron chi connectivity index (χ4n) is 2.03. The van der Waals surface area contributed by atoms with Crippen LogP contribution in [-0.4, -0.2) is 22.2 Å². The predicted octanol–water partition coefficient (Wildman–Crippen LogP) is 2.83. The fourth-order valence-corrected chi connectivity index (χ4v) is 2.36. The van der Waals surface area contributed by atoms with Crippen LogP contribution >= 0.6 is 15.9 Å². The maximum absolute atomic E-state index is 11.9. The van der Waals surface area contributed by atoms with Gasteiger partial charge in [-0.15, -0.1) is 0 Å². The van der Waals surface area contributed by atoms with Gasteiger partial charge < -0.3 is 5.32 Å². The summed E-state index contributed by atoms with van der Waals surface area (Å²) in [7, 11) is 0. The van der Waals surface area contributed by atoms with E-state index in [0.29, 0.717) is 12.5 Å².